The van der Waals surface area contributed by atoms with Crippen LogP contribution in [-0.4, -0.2) is 16.5 Å². The molecule has 1 unspecified atom stereocenters. The summed E-state index contributed by atoms with van der Waals surface area (Å²) in [6.45, 7) is 0. The maximum atomic E-state index is 11.0. The third kappa shape index (κ3) is 1.03. The van der Waals surface area contributed by atoms with Gasteiger partial charge in [-0.1, -0.05) is 12.2 Å². The van der Waals surface area contributed by atoms with Gasteiger partial charge in [0.05, 0.1) is 4.92 Å². The topological polar surface area (TPSA) is 84.6 Å². The molecule has 0 spiro atoms. The van der Waals surface area contributed by atoms with Crippen molar-refractivity contribution >= 4 is 11.6 Å². The molecule has 2 rings (SSSR count). The smallest absolute Gasteiger partial charge is 0.272 e. The lowest BCUT2D eigenvalue weighted by Crippen LogP contribution is -2.25. The van der Waals surface area contributed by atoms with Crippen molar-refractivity contribution in [3.8, 4) is 0 Å². The van der Waals surface area contributed by atoms with Crippen molar-refractivity contribution in [2.75, 3.05) is 0 Å². The van der Waals surface area contributed by atoms with Gasteiger partial charge in [-0.2, -0.15) is 5.10 Å². The monoisotopic (exact) mass is 179 g/mol. The molecule has 1 heterocycles. The van der Waals surface area contributed by atoms with E-state index in [9.17, 15) is 14.9 Å². The van der Waals surface area contributed by atoms with Crippen LogP contribution in [0, 0.1) is 16.0 Å². The molecule has 0 saturated carbocycles. The van der Waals surface area contributed by atoms with E-state index in [4.69, 9.17) is 0 Å². The standard InChI is InChI=1S/C7H5N3O3/c11-7-4-2-1-3-5(10(12)13)6(4)8-9-7/h1-4H,(H,9,11). The number of carbonyl (C=O) groups excluding carboxylic acids is 1. The summed E-state index contributed by atoms with van der Waals surface area (Å²) >= 11 is 0. The summed E-state index contributed by atoms with van der Waals surface area (Å²) in [6, 6.07) is 0. The molecule has 0 aromatic carbocycles. The SMILES string of the molecule is O=C1NN=C2C([N+](=O)[O-])=CC=CC12. The first-order valence-electron chi connectivity index (χ1n) is 3.61. The molecular weight excluding hydrogens is 174 g/mol. The summed E-state index contributed by atoms with van der Waals surface area (Å²) in [4.78, 5) is 21.0. The van der Waals surface area contributed by atoms with Crippen LogP contribution in [0.25, 0.3) is 0 Å². The Morgan fingerprint density at radius 3 is 3.08 bits per heavy atom. The second-order valence-corrected chi connectivity index (χ2v) is 2.64. The van der Waals surface area contributed by atoms with Crippen molar-refractivity contribution in [2.24, 2.45) is 11.0 Å². The van der Waals surface area contributed by atoms with E-state index in [1.54, 1.807) is 6.08 Å². The van der Waals surface area contributed by atoms with Gasteiger partial charge in [0.15, 0.2) is 5.71 Å². The van der Waals surface area contributed by atoms with Crippen molar-refractivity contribution in [3.05, 3.63) is 34.0 Å². The van der Waals surface area contributed by atoms with Crippen LogP contribution in [0.5, 0.6) is 0 Å². The molecule has 6 heteroatoms. The fourth-order valence-electron chi connectivity index (χ4n) is 1.27. The minimum atomic E-state index is -0.592. The van der Waals surface area contributed by atoms with Crippen LogP contribution < -0.4 is 5.43 Å². The molecule has 1 atom stereocenters. The highest BCUT2D eigenvalue weighted by atomic mass is 16.6. The van der Waals surface area contributed by atoms with Gasteiger partial charge in [0.2, 0.25) is 0 Å². The van der Waals surface area contributed by atoms with Crippen molar-refractivity contribution in [3.63, 3.8) is 0 Å². The van der Waals surface area contributed by atoms with Gasteiger partial charge in [-0.3, -0.25) is 14.9 Å². The number of allylic oxidation sites excluding steroid dienone is 3. The van der Waals surface area contributed by atoms with Gasteiger partial charge in [0.25, 0.3) is 11.6 Å². The summed E-state index contributed by atoms with van der Waals surface area (Å²) < 4.78 is 0. The molecule has 0 fully saturated rings. The first-order valence-corrected chi connectivity index (χ1v) is 3.61. The molecule has 2 aliphatic rings. The number of fused-ring (bicyclic) bond motifs is 1. The van der Waals surface area contributed by atoms with Crippen LogP contribution in [0.1, 0.15) is 0 Å². The number of nitrogens with one attached hydrogen (secondary N) is 1. The lowest BCUT2D eigenvalue weighted by molar-refractivity contribution is -0.415. The molecule has 1 aliphatic carbocycles. The number of amides is 1. The van der Waals surface area contributed by atoms with E-state index in [1.165, 1.54) is 12.2 Å². The van der Waals surface area contributed by atoms with Gasteiger partial charge in [0, 0.05) is 6.08 Å². The Bertz CT molecular complexity index is 380. The summed E-state index contributed by atoms with van der Waals surface area (Å²) in [5.74, 6) is -0.913. The van der Waals surface area contributed by atoms with Crippen molar-refractivity contribution in [1.29, 1.82) is 0 Å². The van der Waals surface area contributed by atoms with Crippen LogP contribution in [0.4, 0.5) is 0 Å². The summed E-state index contributed by atoms with van der Waals surface area (Å²) in [5, 5.41) is 14.1. The highest BCUT2D eigenvalue weighted by Gasteiger charge is 2.37. The second-order valence-electron chi connectivity index (χ2n) is 2.64. The van der Waals surface area contributed by atoms with Gasteiger partial charge in [-0.15, -0.1) is 0 Å². The molecule has 66 valence electrons. The van der Waals surface area contributed by atoms with E-state index in [2.05, 4.69) is 10.5 Å². The van der Waals surface area contributed by atoms with E-state index < -0.39 is 10.8 Å². The molecular formula is C7H5N3O3. The molecule has 1 N–H and O–H groups in total. The van der Waals surface area contributed by atoms with E-state index in [0.717, 1.165) is 0 Å². The third-order valence-electron chi connectivity index (χ3n) is 1.88. The largest absolute Gasteiger partial charge is 0.293 e. The number of hydrogen-bond donors (Lipinski definition) is 1. The Hall–Kier alpha value is -1.98. The molecule has 1 amide bonds. The van der Waals surface area contributed by atoms with Crippen LogP contribution in [0.15, 0.2) is 29.0 Å². The average Bonchev–Trinajstić information content (AvgIpc) is 2.48. The number of hydrogen-bond acceptors (Lipinski definition) is 4. The van der Waals surface area contributed by atoms with Crippen molar-refractivity contribution in [1.82, 2.24) is 5.43 Å². The number of carbonyl (C=O) groups is 1. The molecule has 6 nitrogen and oxygen atoms in total. The van der Waals surface area contributed by atoms with E-state index in [-0.39, 0.29) is 17.3 Å². The Labute approximate surface area is 72.8 Å². The average molecular weight is 179 g/mol. The molecule has 13 heavy (non-hydrogen) atoms. The molecule has 0 aromatic rings. The maximum Gasteiger partial charge on any atom is 0.293 e. The summed E-state index contributed by atoms with van der Waals surface area (Å²) in [6.07, 6.45) is 4.40. The number of nitrogens with zero attached hydrogens (tertiary/aromatic N) is 2. The Balaban J connectivity index is 2.42. The zero-order valence-corrected chi connectivity index (χ0v) is 6.43. The van der Waals surface area contributed by atoms with Crippen molar-refractivity contribution < 1.29 is 9.72 Å². The lowest BCUT2D eigenvalue weighted by atomic mass is 9.96. The quantitative estimate of drug-likeness (QED) is 0.447. The minimum absolute atomic E-state index is 0.120. The highest BCUT2D eigenvalue weighted by Crippen LogP contribution is 2.20. The van der Waals surface area contributed by atoms with Crippen LogP contribution in [-0.2, 0) is 4.79 Å². The lowest BCUT2D eigenvalue weighted by Gasteiger charge is -2.05. The summed E-state index contributed by atoms with van der Waals surface area (Å²) in [5.41, 5.74) is 2.27. The van der Waals surface area contributed by atoms with Gasteiger partial charge in [-0.25, -0.2) is 5.43 Å². The van der Waals surface area contributed by atoms with E-state index in [0.29, 0.717) is 0 Å². The highest BCUT2D eigenvalue weighted by molar-refractivity contribution is 6.17. The second kappa shape index (κ2) is 2.51. The fraction of sp³-hybridized carbons (Fsp3) is 0.143. The van der Waals surface area contributed by atoms with Crippen LogP contribution >= 0.6 is 0 Å². The first kappa shape index (κ1) is 7.66. The van der Waals surface area contributed by atoms with Gasteiger partial charge < -0.3 is 0 Å². The Morgan fingerprint density at radius 1 is 1.62 bits per heavy atom. The van der Waals surface area contributed by atoms with E-state index >= 15 is 0 Å². The molecule has 0 aromatic heterocycles. The molecule has 0 bridgehead atoms. The van der Waals surface area contributed by atoms with Crippen LogP contribution in [0.3, 0.4) is 0 Å². The molecule has 1 aliphatic heterocycles. The Kier molecular flexibility index (Phi) is 1.48. The van der Waals surface area contributed by atoms with Gasteiger partial charge >= 0.3 is 0 Å². The predicted molar refractivity (Wildman–Crippen MR) is 43.3 cm³/mol. The number of hydrazone groups is 1. The van der Waals surface area contributed by atoms with Gasteiger partial charge in [0.1, 0.15) is 5.92 Å². The third-order valence-corrected chi connectivity index (χ3v) is 1.88. The zero-order valence-electron chi connectivity index (χ0n) is 6.43. The van der Waals surface area contributed by atoms with E-state index in [1.807, 2.05) is 0 Å². The first-order chi connectivity index (χ1) is 6.20. The Morgan fingerprint density at radius 2 is 2.38 bits per heavy atom. The normalized spacial score (nSPS) is 24.6. The van der Waals surface area contributed by atoms with Gasteiger partial charge in [-0.05, 0) is 0 Å². The van der Waals surface area contributed by atoms with Crippen molar-refractivity contribution in [2.45, 2.75) is 0 Å². The zero-order chi connectivity index (χ0) is 9.42. The number of nitro groups is 1. The fourth-order valence-corrected chi connectivity index (χ4v) is 1.27. The maximum absolute atomic E-state index is 11.0. The summed E-state index contributed by atoms with van der Waals surface area (Å²) in [7, 11) is 0. The predicted octanol–water partition coefficient (Wildman–Crippen LogP) is -0.181. The minimum Gasteiger partial charge on any atom is -0.272 e. The number of rotatable bonds is 1. The molecule has 0 saturated heterocycles. The molecule has 0 radical (unpaired) electrons. The van der Waals surface area contributed by atoms with Crippen LogP contribution in [0.2, 0.25) is 0 Å².